The van der Waals surface area contributed by atoms with E-state index in [4.69, 9.17) is 0 Å². The lowest BCUT2D eigenvalue weighted by molar-refractivity contribution is -0.137. The fraction of sp³-hybridized carbons (Fsp3) is 0.400. The van der Waals surface area contributed by atoms with Gasteiger partial charge in [0, 0.05) is 13.5 Å². The predicted octanol–water partition coefficient (Wildman–Crippen LogP) is 3.55. The van der Waals surface area contributed by atoms with Crippen LogP contribution in [0.3, 0.4) is 0 Å². The molecule has 0 saturated carbocycles. The molecule has 0 fully saturated rings. The molecule has 1 atom stereocenters. The van der Waals surface area contributed by atoms with Gasteiger partial charge in [0.2, 0.25) is 0 Å². The molecule has 3 N–H and O–H groups in total. The average Bonchev–Trinajstić information content (AvgIpc) is 2.96. The number of rotatable bonds is 8. The Morgan fingerprint density at radius 1 is 1.41 bits per heavy atom. The number of nitrogens with one attached hydrogen (secondary N) is 2. The molecule has 0 radical (unpaired) electrons. The zero-order valence-corrected chi connectivity index (χ0v) is 14.3. The van der Waals surface area contributed by atoms with Crippen molar-refractivity contribution >= 4 is 29.3 Å². The number of carboxylic acids is 1. The lowest BCUT2D eigenvalue weighted by Crippen LogP contribution is -2.30. The Balaban J connectivity index is 0.00000211. The molecular weight excluding hydrogens is 300 g/mol. The van der Waals surface area contributed by atoms with E-state index in [-0.39, 0.29) is 0 Å². The van der Waals surface area contributed by atoms with Crippen molar-refractivity contribution in [2.75, 3.05) is 17.7 Å². The lowest BCUT2D eigenvalue weighted by Gasteiger charge is -2.15. The predicted molar refractivity (Wildman–Crippen MR) is 93.6 cm³/mol. The summed E-state index contributed by atoms with van der Waals surface area (Å²) in [4.78, 5) is 11.4. The van der Waals surface area contributed by atoms with Crippen LogP contribution in [0.1, 0.15) is 27.2 Å². The highest BCUT2D eigenvalue weighted by Gasteiger charge is 2.20. The zero-order chi connectivity index (χ0) is 17.0. The number of anilines is 2. The Kier molecular flexibility index (Phi) is 10.4. The maximum Gasteiger partial charge on any atom is 0.326 e. The number of aromatic nitrogens is 2. The maximum absolute atomic E-state index is 11.4. The molecule has 1 aromatic rings. The summed E-state index contributed by atoms with van der Waals surface area (Å²) in [5, 5.41) is 15.1. The number of nitrogens with zero attached hydrogens (tertiary/aromatic N) is 2. The Bertz CT molecular complexity index is 523. The Labute approximate surface area is 136 Å². The first-order valence-electron chi connectivity index (χ1n) is 7.06. The van der Waals surface area contributed by atoms with Crippen molar-refractivity contribution in [2.24, 2.45) is 0 Å². The van der Waals surface area contributed by atoms with Gasteiger partial charge in [-0.15, -0.1) is 0 Å². The maximum atomic E-state index is 11.4. The van der Waals surface area contributed by atoms with Crippen LogP contribution in [0.4, 0.5) is 11.6 Å². The summed E-state index contributed by atoms with van der Waals surface area (Å²) >= 11 is 1.02. The molecule has 0 aromatic carbocycles. The zero-order valence-electron chi connectivity index (χ0n) is 13.5. The van der Waals surface area contributed by atoms with Gasteiger partial charge in [0.15, 0.2) is 11.6 Å². The van der Waals surface area contributed by atoms with Gasteiger partial charge in [-0.3, -0.25) is 0 Å². The fourth-order valence-electron chi connectivity index (χ4n) is 1.61. The molecule has 0 aliphatic carbocycles. The van der Waals surface area contributed by atoms with Crippen molar-refractivity contribution < 1.29 is 9.90 Å². The summed E-state index contributed by atoms with van der Waals surface area (Å²) in [6.45, 7) is 9.51. The van der Waals surface area contributed by atoms with Crippen molar-refractivity contribution in [1.29, 1.82) is 0 Å². The van der Waals surface area contributed by atoms with Crippen LogP contribution in [0.15, 0.2) is 36.5 Å². The molecule has 122 valence electrons. The van der Waals surface area contributed by atoms with Crippen molar-refractivity contribution in [3.63, 3.8) is 0 Å². The Morgan fingerprint density at radius 2 is 2.05 bits per heavy atom. The average molecular weight is 324 g/mol. The largest absolute Gasteiger partial charge is 0.480 e. The van der Waals surface area contributed by atoms with Crippen LogP contribution in [0, 0.1) is 0 Å². The standard InChI is InChI=1S/C13H18N4O2S.C2H6/c1-4-6-9(7-5-2)8-10(13(18)19)15-12-11(14-3)16-20-17-12;1-2/h4-7,10H,1,8H2,2-3H3,(H,14,16)(H,15,17)(H,18,19);1-2H3/b7-5-,9-6+;. The molecule has 1 heterocycles. The highest BCUT2D eigenvalue weighted by atomic mass is 32.1. The normalized spacial score (nSPS) is 12.3. The smallest absolute Gasteiger partial charge is 0.326 e. The molecule has 1 unspecified atom stereocenters. The Hall–Kier alpha value is -2.15. The molecular formula is C15H24N4O2S. The van der Waals surface area contributed by atoms with Gasteiger partial charge in [-0.2, -0.15) is 8.75 Å². The van der Waals surface area contributed by atoms with E-state index in [1.807, 2.05) is 32.9 Å². The molecule has 22 heavy (non-hydrogen) atoms. The van der Waals surface area contributed by atoms with Crippen LogP contribution in [0.2, 0.25) is 0 Å². The van der Waals surface area contributed by atoms with E-state index in [2.05, 4.69) is 26.0 Å². The van der Waals surface area contributed by atoms with Crippen molar-refractivity contribution in [3.05, 3.63) is 36.5 Å². The van der Waals surface area contributed by atoms with E-state index < -0.39 is 12.0 Å². The van der Waals surface area contributed by atoms with Crippen molar-refractivity contribution in [3.8, 4) is 0 Å². The van der Waals surface area contributed by atoms with Crippen LogP contribution in [-0.4, -0.2) is 32.9 Å². The SMILES string of the molecule is C=C/C=C(\C=C/C)CC(Nc1nsnc1NC)C(=O)O.CC. The molecule has 0 spiro atoms. The molecule has 6 nitrogen and oxygen atoms in total. The van der Waals surface area contributed by atoms with E-state index in [9.17, 15) is 9.90 Å². The summed E-state index contributed by atoms with van der Waals surface area (Å²) in [5.74, 6) is 0.0457. The Morgan fingerprint density at radius 3 is 2.55 bits per heavy atom. The van der Waals surface area contributed by atoms with Crippen molar-refractivity contribution in [2.45, 2.75) is 33.2 Å². The quantitative estimate of drug-likeness (QED) is 0.634. The third-order valence-corrected chi connectivity index (χ3v) is 3.02. The number of hydrogen-bond donors (Lipinski definition) is 3. The van der Waals surface area contributed by atoms with Gasteiger partial charge < -0.3 is 15.7 Å². The molecule has 7 heteroatoms. The van der Waals surface area contributed by atoms with Crippen molar-refractivity contribution in [1.82, 2.24) is 8.75 Å². The minimum Gasteiger partial charge on any atom is -0.480 e. The first-order valence-corrected chi connectivity index (χ1v) is 7.79. The number of hydrogen-bond acceptors (Lipinski definition) is 6. The summed E-state index contributed by atoms with van der Waals surface area (Å²) < 4.78 is 8.06. The molecule has 0 bridgehead atoms. The van der Waals surface area contributed by atoms with Gasteiger partial charge in [-0.25, -0.2) is 4.79 Å². The van der Waals surface area contributed by atoms with E-state index in [1.54, 1.807) is 19.2 Å². The number of carbonyl (C=O) groups is 1. The van der Waals surface area contributed by atoms with Gasteiger partial charge in [0.05, 0.1) is 11.7 Å². The van der Waals surface area contributed by atoms with E-state index in [0.717, 1.165) is 17.3 Å². The van der Waals surface area contributed by atoms with Crippen LogP contribution in [-0.2, 0) is 4.79 Å². The summed E-state index contributed by atoms with van der Waals surface area (Å²) in [5.41, 5.74) is 0.872. The molecule has 0 saturated heterocycles. The van der Waals surface area contributed by atoms with Gasteiger partial charge in [0.1, 0.15) is 6.04 Å². The monoisotopic (exact) mass is 324 g/mol. The second-order valence-electron chi connectivity index (χ2n) is 3.93. The third-order valence-electron chi connectivity index (χ3n) is 2.49. The molecule has 0 amide bonds. The van der Waals surface area contributed by atoms with Crippen LogP contribution in [0.5, 0.6) is 0 Å². The van der Waals surface area contributed by atoms with Crippen LogP contribution >= 0.6 is 11.7 Å². The topological polar surface area (TPSA) is 87.1 Å². The molecule has 0 aliphatic heterocycles. The first-order chi connectivity index (χ1) is 10.6. The highest BCUT2D eigenvalue weighted by molar-refractivity contribution is 6.99. The number of aliphatic carboxylic acids is 1. The van der Waals surface area contributed by atoms with Gasteiger partial charge in [0.25, 0.3) is 0 Å². The minimum atomic E-state index is -0.945. The van der Waals surface area contributed by atoms with Gasteiger partial charge in [-0.05, 0) is 12.5 Å². The molecule has 0 aliphatic rings. The van der Waals surface area contributed by atoms with Gasteiger partial charge in [-0.1, -0.05) is 44.7 Å². The second-order valence-corrected chi connectivity index (χ2v) is 4.46. The highest BCUT2D eigenvalue weighted by Crippen LogP contribution is 2.20. The first kappa shape index (κ1) is 19.9. The van der Waals surface area contributed by atoms with E-state index in [1.165, 1.54) is 0 Å². The third kappa shape index (κ3) is 6.53. The summed E-state index contributed by atoms with van der Waals surface area (Å²) in [6, 6.07) is -0.784. The second kappa shape index (κ2) is 11.5. The number of allylic oxidation sites excluding steroid dienone is 4. The van der Waals surface area contributed by atoms with Crippen LogP contribution in [0.25, 0.3) is 0 Å². The minimum absolute atomic E-state index is 0.326. The summed E-state index contributed by atoms with van der Waals surface area (Å²) in [7, 11) is 1.71. The molecule has 1 rings (SSSR count). The summed E-state index contributed by atoms with van der Waals surface area (Å²) in [6.07, 6.45) is 7.47. The fourth-order valence-corrected chi connectivity index (χ4v) is 2.13. The van der Waals surface area contributed by atoms with E-state index >= 15 is 0 Å². The van der Waals surface area contributed by atoms with Crippen LogP contribution < -0.4 is 10.6 Å². The van der Waals surface area contributed by atoms with Gasteiger partial charge >= 0.3 is 5.97 Å². The van der Waals surface area contributed by atoms with E-state index in [0.29, 0.717) is 18.1 Å². The number of carboxylic acid groups (broad SMARTS) is 1. The molecule has 1 aromatic heterocycles. The lowest BCUT2D eigenvalue weighted by atomic mass is 10.1.